The largest absolute Gasteiger partial charge is 0.464 e. The quantitative estimate of drug-likeness (QED) is 0.693. The molecule has 0 bridgehead atoms. The summed E-state index contributed by atoms with van der Waals surface area (Å²) in [6.45, 7) is 6.31. The highest BCUT2D eigenvalue weighted by molar-refractivity contribution is 5.92. The van der Waals surface area contributed by atoms with Crippen LogP contribution in [0, 0.1) is 20.8 Å². The van der Waals surface area contributed by atoms with Crippen LogP contribution in [0.4, 0.5) is 5.69 Å². The Morgan fingerprint density at radius 1 is 0.963 bits per heavy atom. The molecule has 0 aliphatic carbocycles. The maximum atomic E-state index is 12.2. The van der Waals surface area contributed by atoms with E-state index < -0.39 is 0 Å². The van der Waals surface area contributed by atoms with E-state index in [1.54, 1.807) is 6.26 Å². The van der Waals surface area contributed by atoms with Gasteiger partial charge in [0.1, 0.15) is 5.58 Å². The minimum Gasteiger partial charge on any atom is -0.464 e. The number of aryl methyl sites for hydroxylation is 3. The molecule has 0 saturated heterocycles. The molecule has 140 valence electrons. The fourth-order valence-corrected chi connectivity index (χ4v) is 2.95. The third kappa shape index (κ3) is 4.56. The summed E-state index contributed by atoms with van der Waals surface area (Å²) in [5.41, 5.74) is 5.77. The van der Waals surface area contributed by atoms with E-state index in [0.29, 0.717) is 6.54 Å². The third-order valence-electron chi connectivity index (χ3n) is 4.71. The summed E-state index contributed by atoms with van der Waals surface area (Å²) in [5.74, 6) is -0.246. The van der Waals surface area contributed by atoms with Gasteiger partial charge in [-0.05, 0) is 55.7 Å². The van der Waals surface area contributed by atoms with Crippen LogP contribution in [0.3, 0.4) is 0 Å². The summed E-state index contributed by atoms with van der Waals surface area (Å²) in [4.78, 5) is 24.2. The Labute approximate surface area is 158 Å². The first-order chi connectivity index (χ1) is 12.9. The summed E-state index contributed by atoms with van der Waals surface area (Å²) in [7, 11) is 0. The van der Waals surface area contributed by atoms with Gasteiger partial charge >= 0.3 is 0 Å². The molecule has 0 unspecified atom stereocenters. The first-order valence-corrected chi connectivity index (χ1v) is 9.03. The lowest BCUT2D eigenvalue weighted by Gasteiger charge is -2.08. The number of carbonyl (C=O) groups excluding carboxylic acids is 2. The Hall–Kier alpha value is -3.08. The molecule has 0 aliphatic rings. The van der Waals surface area contributed by atoms with Crippen molar-refractivity contribution in [3.8, 4) is 0 Å². The fraction of sp³-hybridized carbons (Fsp3) is 0.273. The van der Waals surface area contributed by atoms with Crippen LogP contribution in [0.5, 0.6) is 0 Å². The molecule has 3 rings (SSSR count). The Bertz CT molecular complexity index is 988. The van der Waals surface area contributed by atoms with E-state index >= 15 is 0 Å². The molecule has 2 aromatic carbocycles. The van der Waals surface area contributed by atoms with Gasteiger partial charge in [0.25, 0.3) is 0 Å². The Balaban J connectivity index is 1.51. The van der Waals surface area contributed by atoms with Crippen molar-refractivity contribution in [1.82, 2.24) is 5.32 Å². The molecule has 0 spiro atoms. The number of amides is 2. The molecular weight excluding hydrogens is 340 g/mol. The minimum atomic E-state index is -0.125. The lowest BCUT2D eigenvalue weighted by atomic mass is 10.0. The molecule has 27 heavy (non-hydrogen) atoms. The van der Waals surface area contributed by atoms with Crippen molar-refractivity contribution in [2.45, 2.75) is 33.6 Å². The van der Waals surface area contributed by atoms with E-state index in [-0.39, 0.29) is 24.7 Å². The van der Waals surface area contributed by atoms with Crippen molar-refractivity contribution in [1.29, 1.82) is 0 Å². The second-order valence-corrected chi connectivity index (χ2v) is 6.83. The van der Waals surface area contributed by atoms with Crippen LogP contribution in [-0.4, -0.2) is 18.4 Å². The van der Waals surface area contributed by atoms with Crippen molar-refractivity contribution in [3.63, 3.8) is 0 Å². The normalized spacial score (nSPS) is 10.8. The fourth-order valence-electron chi connectivity index (χ4n) is 2.95. The molecule has 1 aromatic heterocycles. The molecule has 5 heteroatoms. The average Bonchev–Trinajstić information content (AvgIpc) is 2.99. The van der Waals surface area contributed by atoms with Crippen molar-refractivity contribution < 1.29 is 14.0 Å². The summed E-state index contributed by atoms with van der Waals surface area (Å²) in [6.07, 6.45) is 2.09. The monoisotopic (exact) mass is 364 g/mol. The lowest BCUT2D eigenvalue weighted by Crippen LogP contribution is -2.28. The Morgan fingerprint density at radius 2 is 1.70 bits per heavy atom. The van der Waals surface area contributed by atoms with Gasteiger partial charge in [-0.2, -0.15) is 0 Å². The molecule has 3 aromatic rings. The summed E-state index contributed by atoms with van der Waals surface area (Å²) in [5, 5.41) is 6.62. The van der Waals surface area contributed by atoms with E-state index in [9.17, 15) is 9.59 Å². The van der Waals surface area contributed by atoms with Crippen molar-refractivity contribution in [2.24, 2.45) is 0 Å². The van der Waals surface area contributed by atoms with Crippen LogP contribution in [0.1, 0.15) is 28.7 Å². The van der Waals surface area contributed by atoms with E-state index in [1.807, 2.05) is 57.2 Å². The van der Waals surface area contributed by atoms with Crippen LogP contribution in [0.25, 0.3) is 11.0 Å². The number of nitrogens with one attached hydrogen (secondary N) is 2. The average molecular weight is 364 g/mol. The van der Waals surface area contributed by atoms with Crippen molar-refractivity contribution in [2.75, 3.05) is 11.9 Å². The summed E-state index contributed by atoms with van der Waals surface area (Å²) < 4.78 is 5.56. The van der Waals surface area contributed by atoms with E-state index in [0.717, 1.165) is 33.3 Å². The van der Waals surface area contributed by atoms with Crippen LogP contribution < -0.4 is 10.6 Å². The first kappa shape index (κ1) is 18.7. The molecule has 1 heterocycles. The van der Waals surface area contributed by atoms with Crippen LogP contribution >= 0.6 is 0 Å². The highest BCUT2D eigenvalue weighted by atomic mass is 16.3. The number of furan rings is 1. The second kappa shape index (κ2) is 8.08. The van der Waals surface area contributed by atoms with Gasteiger partial charge < -0.3 is 15.1 Å². The molecular formula is C22H24N2O3. The molecule has 2 N–H and O–H groups in total. The SMILES string of the molecule is Cc1cc2occ(CC(=O)NCCC(=O)Nc3ccccc3C)c2cc1C. The number of hydrogen-bond acceptors (Lipinski definition) is 3. The number of hydrogen-bond donors (Lipinski definition) is 2. The molecule has 0 radical (unpaired) electrons. The predicted molar refractivity (Wildman–Crippen MR) is 107 cm³/mol. The molecule has 5 nitrogen and oxygen atoms in total. The summed E-state index contributed by atoms with van der Waals surface area (Å²) in [6, 6.07) is 11.6. The maximum Gasteiger partial charge on any atom is 0.226 e. The predicted octanol–water partition coefficient (Wildman–Crippen LogP) is 4.05. The van der Waals surface area contributed by atoms with Gasteiger partial charge in [0.2, 0.25) is 11.8 Å². The standard InChI is InChI=1S/C22H24N2O3/c1-14-6-4-5-7-19(14)24-21(25)8-9-23-22(26)12-17-13-27-20-11-16(3)15(2)10-18(17)20/h4-7,10-11,13H,8-9,12H2,1-3H3,(H,23,26)(H,24,25). The topological polar surface area (TPSA) is 71.3 Å². The lowest BCUT2D eigenvalue weighted by molar-refractivity contribution is -0.120. The number of rotatable bonds is 6. The van der Waals surface area contributed by atoms with Gasteiger partial charge in [0, 0.05) is 29.6 Å². The van der Waals surface area contributed by atoms with Crippen LogP contribution in [0.2, 0.25) is 0 Å². The molecule has 0 saturated carbocycles. The van der Waals surface area contributed by atoms with Crippen molar-refractivity contribution in [3.05, 3.63) is 64.9 Å². The van der Waals surface area contributed by atoms with Gasteiger partial charge in [0.15, 0.2) is 0 Å². The number of para-hydroxylation sites is 1. The zero-order valence-electron chi connectivity index (χ0n) is 15.9. The van der Waals surface area contributed by atoms with Gasteiger partial charge in [-0.1, -0.05) is 18.2 Å². The van der Waals surface area contributed by atoms with E-state index in [1.165, 1.54) is 5.56 Å². The first-order valence-electron chi connectivity index (χ1n) is 9.03. The Morgan fingerprint density at radius 3 is 2.48 bits per heavy atom. The molecule has 2 amide bonds. The zero-order chi connectivity index (χ0) is 19.4. The van der Waals surface area contributed by atoms with E-state index in [2.05, 4.69) is 10.6 Å². The number of anilines is 1. The highest BCUT2D eigenvalue weighted by Crippen LogP contribution is 2.25. The molecule has 0 fully saturated rings. The number of fused-ring (bicyclic) bond motifs is 1. The Kier molecular flexibility index (Phi) is 5.60. The highest BCUT2D eigenvalue weighted by Gasteiger charge is 2.12. The minimum absolute atomic E-state index is 0.121. The van der Waals surface area contributed by atoms with Gasteiger partial charge in [-0.25, -0.2) is 0 Å². The summed E-state index contributed by atoms with van der Waals surface area (Å²) >= 11 is 0. The van der Waals surface area contributed by atoms with Crippen LogP contribution in [-0.2, 0) is 16.0 Å². The number of benzene rings is 2. The zero-order valence-corrected chi connectivity index (χ0v) is 15.9. The molecule has 0 aliphatic heterocycles. The number of carbonyl (C=O) groups is 2. The molecule has 0 atom stereocenters. The van der Waals surface area contributed by atoms with Crippen molar-refractivity contribution >= 4 is 28.5 Å². The smallest absolute Gasteiger partial charge is 0.226 e. The van der Waals surface area contributed by atoms with Crippen LogP contribution in [0.15, 0.2) is 47.1 Å². The second-order valence-electron chi connectivity index (χ2n) is 6.83. The van der Waals surface area contributed by atoms with Gasteiger partial charge in [0.05, 0.1) is 12.7 Å². The van der Waals surface area contributed by atoms with Gasteiger partial charge in [-0.15, -0.1) is 0 Å². The van der Waals surface area contributed by atoms with Gasteiger partial charge in [-0.3, -0.25) is 9.59 Å². The maximum absolute atomic E-state index is 12.2. The third-order valence-corrected chi connectivity index (χ3v) is 4.71. The van der Waals surface area contributed by atoms with E-state index in [4.69, 9.17) is 4.42 Å².